The first-order valence-corrected chi connectivity index (χ1v) is 7.16. The van der Waals surface area contributed by atoms with Crippen molar-refractivity contribution in [3.8, 4) is 0 Å². The molecule has 0 aliphatic rings. The second kappa shape index (κ2) is 5.98. The number of anilines is 1. The number of nitrogens with one attached hydrogen (secondary N) is 1. The smallest absolute Gasteiger partial charge is 0.389 e. The number of benzene rings is 1. The Balaban J connectivity index is 2.23. The second-order valence-corrected chi connectivity index (χ2v) is 6.10. The SMILES string of the molecule is Cc1cnc(CNc2ccc(C(N)=S)c(C(F)(F)F)c2)s1. The number of thiocarbonyl (C=S) groups is 1. The van der Waals surface area contributed by atoms with Crippen LogP contribution in [-0.2, 0) is 12.7 Å². The molecule has 1 heterocycles. The zero-order valence-corrected chi connectivity index (χ0v) is 12.6. The van der Waals surface area contributed by atoms with Crippen LogP contribution >= 0.6 is 23.6 Å². The van der Waals surface area contributed by atoms with Gasteiger partial charge in [-0.1, -0.05) is 12.2 Å². The van der Waals surface area contributed by atoms with Crippen LogP contribution in [0, 0.1) is 6.92 Å². The van der Waals surface area contributed by atoms with Crippen molar-refractivity contribution in [1.82, 2.24) is 4.98 Å². The van der Waals surface area contributed by atoms with Gasteiger partial charge >= 0.3 is 6.18 Å². The van der Waals surface area contributed by atoms with Gasteiger partial charge in [0.25, 0.3) is 0 Å². The van der Waals surface area contributed by atoms with Gasteiger partial charge in [-0.15, -0.1) is 11.3 Å². The number of aryl methyl sites for hydroxylation is 1. The highest BCUT2D eigenvalue weighted by molar-refractivity contribution is 7.80. The Hall–Kier alpha value is -1.67. The number of nitrogens with zero attached hydrogens (tertiary/aromatic N) is 1. The number of hydrogen-bond donors (Lipinski definition) is 2. The molecule has 0 unspecified atom stereocenters. The van der Waals surface area contributed by atoms with Gasteiger partial charge in [-0.2, -0.15) is 13.2 Å². The summed E-state index contributed by atoms with van der Waals surface area (Å²) in [6.45, 7) is 2.28. The van der Waals surface area contributed by atoms with E-state index in [0.29, 0.717) is 12.2 Å². The van der Waals surface area contributed by atoms with Crippen molar-refractivity contribution in [2.75, 3.05) is 5.32 Å². The Morgan fingerprint density at radius 1 is 1.43 bits per heavy atom. The largest absolute Gasteiger partial charge is 0.417 e. The minimum Gasteiger partial charge on any atom is -0.389 e. The van der Waals surface area contributed by atoms with Crippen molar-refractivity contribution in [2.45, 2.75) is 19.6 Å². The number of hydrogen-bond acceptors (Lipinski definition) is 4. The topological polar surface area (TPSA) is 50.9 Å². The summed E-state index contributed by atoms with van der Waals surface area (Å²) in [5.74, 6) is 0. The van der Waals surface area contributed by atoms with Crippen molar-refractivity contribution in [2.24, 2.45) is 5.73 Å². The van der Waals surface area contributed by atoms with Gasteiger partial charge in [0.2, 0.25) is 0 Å². The van der Waals surface area contributed by atoms with Gasteiger partial charge in [-0.05, 0) is 25.1 Å². The van der Waals surface area contributed by atoms with E-state index in [0.717, 1.165) is 16.0 Å². The zero-order valence-electron chi connectivity index (χ0n) is 11.0. The summed E-state index contributed by atoms with van der Waals surface area (Å²) in [5.41, 5.74) is 4.66. The Kier molecular flexibility index (Phi) is 4.48. The quantitative estimate of drug-likeness (QED) is 0.839. The average molecular weight is 331 g/mol. The lowest BCUT2D eigenvalue weighted by Crippen LogP contribution is -2.18. The fraction of sp³-hybridized carbons (Fsp3) is 0.231. The molecule has 0 aliphatic carbocycles. The van der Waals surface area contributed by atoms with Crippen LogP contribution in [0.25, 0.3) is 0 Å². The second-order valence-electron chi connectivity index (χ2n) is 4.34. The molecule has 2 aromatic rings. The molecule has 0 bridgehead atoms. The Bertz CT molecular complexity index is 665. The summed E-state index contributed by atoms with van der Waals surface area (Å²) in [6.07, 6.45) is -2.78. The molecule has 1 aromatic heterocycles. The van der Waals surface area contributed by atoms with Crippen LogP contribution in [0.1, 0.15) is 21.0 Å². The highest BCUT2D eigenvalue weighted by Crippen LogP contribution is 2.34. The predicted octanol–water partition coefficient (Wildman–Crippen LogP) is 3.72. The zero-order chi connectivity index (χ0) is 15.6. The van der Waals surface area contributed by atoms with Gasteiger partial charge in [0.1, 0.15) is 10.00 Å². The fourth-order valence-electron chi connectivity index (χ4n) is 1.76. The molecule has 2 rings (SSSR count). The van der Waals surface area contributed by atoms with E-state index in [1.807, 2.05) is 6.92 Å². The van der Waals surface area contributed by atoms with Crippen LogP contribution < -0.4 is 11.1 Å². The monoisotopic (exact) mass is 331 g/mol. The lowest BCUT2D eigenvalue weighted by Gasteiger charge is -2.14. The summed E-state index contributed by atoms with van der Waals surface area (Å²) in [6, 6.07) is 3.81. The van der Waals surface area contributed by atoms with Crippen molar-refractivity contribution < 1.29 is 13.2 Å². The molecule has 0 spiro atoms. The highest BCUT2D eigenvalue weighted by Gasteiger charge is 2.34. The normalized spacial score (nSPS) is 11.4. The fourth-order valence-corrected chi connectivity index (χ4v) is 2.67. The molecular formula is C13H12F3N3S2. The first-order valence-electron chi connectivity index (χ1n) is 5.93. The molecule has 21 heavy (non-hydrogen) atoms. The summed E-state index contributed by atoms with van der Waals surface area (Å²) in [5, 5.41) is 3.72. The third-order valence-corrected chi connectivity index (χ3v) is 3.84. The van der Waals surface area contributed by atoms with E-state index < -0.39 is 11.7 Å². The maximum Gasteiger partial charge on any atom is 0.417 e. The van der Waals surface area contributed by atoms with Crippen LogP contribution in [0.5, 0.6) is 0 Å². The van der Waals surface area contributed by atoms with Crippen molar-refractivity contribution in [1.29, 1.82) is 0 Å². The first-order chi connectivity index (χ1) is 9.77. The predicted molar refractivity (Wildman–Crippen MR) is 81.5 cm³/mol. The molecule has 3 N–H and O–H groups in total. The third-order valence-electron chi connectivity index (χ3n) is 2.70. The van der Waals surface area contributed by atoms with Crippen LogP contribution in [-0.4, -0.2) is 9.97 Å². The number of rotatable bonds is 4. The molecule has 0 fully saturated rings. The van der Waals surface area contributed by atoms with Crippen molar-refractivity contribution >= 4 is 34.2 Å². The van der Waals surface area contributed by atoms with E-state index >= 15 is 0 Å². The third kappa shape index (κ3) is 3.92. The van der Waals surface area contributed by atoms with Gasteiger partial charge in [-0.25, -0.2) is 4.98 Å². The summed E-state index contributed by atoms with van der Waals surface area (Å²) in [7, 11) is 0. The van der Waals surface area contributed by atoms with Crippen LogP contribution in [0.4, 0.5) is 18.9 Å². The van der Waals surface area contributed by atoms with Gasteiger partial charge in [0.15, 0.2) is 0 Å². The Morgan fingerprint density at radius 3 is 2.67 bits per heavy atom. The van der Waals surface area contributed by atoms with E-state index in [2.05, 4.69) is 22.5 Å². The lowest BCUT2D eigenvalue weighted by molar-refractivity contribution is -0.137. The summed E-state index contributed by atoms with van der Waals surface area (Å²) in [4.78, 5) is 4.91. The maximum atomic E-state index is 13.0. The van der Waals surface area contributed by atoms with E-state index in [-0.39, 0.29) is 10.6 Å². The van der Waals surface area contributed by atoms with Gasteiger partial charge in [0.05, 0.1) is 12.1 Å². The van der Waals surface area contributed by atoms with Crippen LogP contribution in [0.3, 0.4) is 0 Å². The van der Waals surface area contributed by atoms with Crippen LogP contribution in [0.2, 0.25) is 0 Å². The molecule has 0 saturated carbocycles. The number of alkyl halides is 3. The van der Waals surface area contributed by atoms with Gasteiger partial charge in [0, 0.05) is 22.3 Å². The van der Waals surface area contributed by atoms with E-state index in [9.17, 15) is 13.2 Å². The molecule has 3 nitrogen and oxygen atoms in total. The Morgan fingerprint density at radius 2 is 2.14 bits per heavy atom. The van der Waals surface area contributed by atoms with Crippen molar-refractivity contribution in [3.05, 3.63) is 45.4 Å². The number of nitrogens with two attached hydrogens (primary N) is 1. The standard InChI is InChI=1S/C13H12F3N3S2/c1-7-5-19-11(21-7)6-18-8-2-3-9(12(17)20)10(4-8)13(14,15)16/h2-5,18H,6H2,1H3,(H2,17,20). The number of halogens is 3. The summed E-state index contributed by atoms with van der Waals surface area (Å²) >= 11 is 6.14. The first kappa shape index (κ1) is 15.7. The number of aromatic nitrogens is 1. The van der Waals surface area contributed by atoms with Gasteiger partial charge < -0.3 is 11.1 Å². The molecule has 112 valence electrons. The van der Waals surface area contributed by atoms with E-state index in [1.54, 1.807) is 6.20 Å². The summed E-state index contributed by atoms with van der Waals surface area (Å²) < 4.78 is 39.0. The molecular weight excluding hydrogens is 319 g/mol. The molecule has 0 amide bonds. The van der Waals surface area contributed by atoms with E-state index in [1.165, 1.54) is 23.5 Å². The van der Waals surface area contributed by atoms with Gasteiger partial charge in [-0.3, -0.25) is 0 Å². The molecule has 0 saturated heterocycles. The maximum absolute atomic E-state index is 13.0. The Labute approximate surface area is 129 Å². The molecule has 0 radical (unpaired) electrons. The molecule has 0 aliphatic heterocycles. The number of thiazole rings is 1. The van der Waals surface area contributed by atoms with Crippen molar-refractivity contribution in [3.63, 3.8) is 0 Å². The minimum absolute atomic E-state index is 0.173. The lowest BCUT2D eigenvalue weighted by atomic mass is 10.1. The van der Waals surface area contributed by atoms with E-state index in [4.69, 9.17) is 5.73 Å². The minimum atomic E-state index is -4.51. The molecule has 0 atom stereocenters. The van der Waals surface area contributed by atoms with Crippen LogP contribution in [0.15, 0.2) is 24.4 Å². The average Bonchev–Trinajstić information content (AvgIpc) is 2.81. The molecule has 8 heteroatoms. The molecule has 1 aromatic carbocycles. The highest BCUT2D eigenvalue weighted by atomic mass is 32.1.